The lowest BCUT2D eigenvalue weighted by molar-refractivity contribution is -0.384. The number of anilines is 1. The molecule has 1 amide bonds. The van der Waals surface area contributed by atoms with E-state index < -0.39 is 10.3 Å². The Balaban J connectivity index is 2.19. The number of nitro benzene ring substituents is 1. The maximum Gasteiger partial charge on any atom is 0.289 e. The molecule has 0 saturated carbocycles. The maximum atomic E-state index is 12.5. The lowest BCUT2D eigenvalue weighted by atomic mass is 9.81. The van der Waals surface area contributed by atoms with Gasteiger partial charge >= 0.3 is 0 Å². The van der Waals surface area contributed by atoms with Crippen LogP contribution in [-0.2, 0) is 4.79 Å². The molecule has 0 aliphatic carbocycles. The van der Waals surface area contributed by atoms with Crippen LogP contribution in [0.1, 0.15) is 26.2 Å². The van der Waals surface area contributed by atoms with Gasteiger partial charge in [-0.05, 0) is 31.5 Å². The molecule has 1 aliphatic rings. The molecule has 1 atom stereocenters. The quantitative estimate of drug-likeness (QED) is 0.646. The van der Waals surface area contributed by atoms with E-state index in [1.165, 1.54) is 12.1 Å². The number of nitrogens with one attached hydrogen (secondary N) is 2. The summed E-state index contributed by atoms with van der Waals surface area (Å²) in [5, 5.41) is 16.9. The first-order valence-corrected chi connectivity index (χ1v) is 7.32. The van der Waals surface area contributed by atoms with Crippen molar-refractivity contribution in [2.45, 2.75) is 26.2 Å². The number of nitro groups is 1. The highest BCUT2D eigenvalue weighted by molar-refractivity contribution is 6.32. The minimum atomic E-state index is -0.559. The Morgan fingerprint density at radius 3 is 2.90 bits per heavy atom. The van der Waals surface area contributed by atoms with E-state index in [2.05, 4.69) is 10.6 Å². The Bertz CT molecular complexity index is 556. The first-order chi connectivity index (χ1) is 9.98. The van der Waals surface area contributed by atoms with Crippen LogP contribution in [0.3, 0.4) is 0 Å². The molecule has 0 bridgehead atoms. The number of rotatable bonds is 5. The zero-order valence-electron chi connectivity index (χ0n) is 11.8. The Morgan fingerprint density at radius 2 is 2.33 bits per heavy atom. The van der Waals surface area contributed by atoms with Gasteiger partial charge in [0.25, 0.3) is 5.69 Å². The summed E-state index contributed by atoms with van der Waals surface area (Å²) in [5.41, 5.74) is -0.231. The van der Waals surface area contributed by atoms with Crippen LogP contribution in [0.5, 0.6) is 0 Å². The van der Waals surface area contributed by atoms with Crippen LogP contribution in [0, 0.1) is 15.5 Å². The summed E-state index contributed by atoms with van der Waals surface area (Å²) in [4.78, 5) is 22.9. The fourth-order valence-electron chi connectivity index (χ4n) is 2.74. The standard InChI is InChI=1S/C14H18ClN3O3/c1-2-5-14(6-7-16-9-14)13(19)17-10-3-4-11(15)12(8-10)18(20)21/h3-4,8,16H,2,5-7,9H2,1H3,(H,17,19). The highest BCUT2D eigenvalue weighted by Gasteiger charge is 2.40. The molecular weight excluding hydrogens is 294 g/mol. The zero-order chi connectivity index (χ0) is 15.5. The molecule has 1 fully saturated rings. The lowest BCUT2D eigenvalue weighted by Gasteiger charge is -2.26. The molecule has 1 saturated heterocycles. The van der Waals surface area contributed by atoms with Crippen LogP contribution in [0.2, 0.25) is 5.02 Å². The minimum Gasteiger partial charge on any atom is -0.325 e. The van der Waals surface area contributed by atoms with Gasteiger partial charge in [0.15, 0.2) is 0 Å². The molecule has 1 aromatic carbocycles. The number of halogens is 1. The van der Waals surface area contributed by atoms with Crippen LogP contribution in [0.25, 0.3) is 0 Å². The fraction of sp³-hybridized carbons (Fsp3) is 0.500. The van der Waals surface area contributed by atoms with Crippen molar-refractivity contribution < 1.29 is 9.72 Å². The molecule has 0 aromatic heterocycles. The average molecular weight is 312 g/mol. The number of carbonyl (C=O) groups excluding carboxylic acids is 1. The molecular formula is C14H18ClN3O3. The van der Waals surface area contributed by atoms with Crippen molar-refractivity contribution in [1.82, 2.24) is 5.32 Å². The molecule has 6 nitrogen and oxygen atoms in total. The van der Waals surface area contributed by atoms with Gasteiger partial charge in [-0.15, -0.1) is 0 Å². The molecule has 21 heavy (non-hydrogen) atoms. The Kier molecular flexibility index (Phi) is 4.80. The third-order valence-electron chi connectivity index (χ3n) is 3.85. The van der Waals surface area contributed by atoms with Crippen molar-refractivity contribution in [2.24, 2.45) is 5.41 Å². The normalized spacial score (nSPS) is 21.2. The first-order valence-electron chi connectivity index (χ1n) is 6.94. The third kappa shape index (κ3) is 3.33. The van der Waals surface area contributed by atoms with Crippen LogP contribution in [-0.4, -0.2) is 23.9 Å². The maximum absolute atomic E-state index is 12.5. The van der Waals surface area contributed by atoms with Gasteiger partial charge in [-0.2, -0.15) is 0 Å². The third-order valence-corrected chi connectivity index (χ3v) is 4.17. The summed E-state index contributed by atoms with van der Waals surface area (Å²) >= 11 is 5.77. The molecule has 1 aliphatic heterocycles. The van der Waals surface area contributed by atoms with Crippen LogP contribution >= 0.6 is 11.6 Å². The average Bonchev–Trinajstić information content (AvgIpc) is 2.91. The first kappa shape index (κ1) is 15.7. The molecule has 0 spiro atoms. The van der Waals surface area contributed by atoms with E-state index in [0.29, 0.717) is 12.2 Å². The minimum absolute atomic E-state index is 0.0591. The number of benzene rings is 1. The SMILES string of the molecule is CCCC1(C(=O)Nc2ccc(Cl)c([N+](=O)[O-])c2)CCNC1. The van der Waals surface area contributed by atoms with Gasteiger partial charge in [-0.25, -0.2) is 0 Å². The molecule has 0 radical (unpaired) electrons. The van der Waals surface area contributed by atoms with Crippen LogP contribution in [0.15, 0.2) is 18.2 Å². The van der Waals surface area contributed by atoms with Gasteiger partial charge in [0.2, 0.25) is 5.91 Å². The van der Waals surface area contributed by atoms with E-state index in [1.807, 2.05) is 6.92 Å². The van der Waals surface area contributed by atoms with Crippen molar-refractivity contribution in [3.8, 4) is 0 Å². The Hall–Kier alpha value is -1.66. The van der Waals surface area contributed by atoms with E-state index in [0.717, 1.165) is 25.8 Å². The summed E-state index contributed by atoms with van der Waals surface area (Å²) in [6, 6.07) is 4.30. The van der Waals surface area contributed by atoms with Crippen LogP contribution < -0.4 is 10.6 Å². The van der Waals surface area contributed by atoms with Crippen molar-refractivity contribution in [3.63, 3.8) is 0 Å². The molecule has 114 valence electrons. The van der Waals surface area contributed by atoms with E-state index >= 15 is 0 Å². The number of carbonyl (C=O) groups is 1. The molecule has 2 rings (SSSR count). The highest BCUT2D eigenvalue weighted by Crippen LogP contribution is 2.34. The van der Waals surface area contributed by atoms with Gasteiger partial charge in [0.05, 0.1) is 10.3 Å². The van der Waals surface area contributed by atoms with Crippen LogP contribution in [0.4, 0.5) is 11.4 Å². The van der Waals surface area contributed by atoms with Crippen molar-refractivity contribution >= 4 is 28.9 Å². The predicted molar refractivity (Wildman–Crippen MR) is 81.6 cm³/mol. The predicted octanol–water partition coefficient (Wildman–Crippen LogP) is 2.97. The zero-order valence-corrected chi connectivity index (χ0v) is 12.6. The topological polar surface area (TPSA) is 84.3 Å². The van der Waals surface area contributed by atoms with Crippen molar-refractivity contribution in [2.75, 3.05) is 18.4 Å². The second-order valence-electron chi connectivity index (χ2n) is 5.33. The van der Waals surface area contributed by atoms with Gasteiger partial charge in [-0.3, -0.25) is 14.9 Å². The second-order valence-corrected chi connectivity index (χ2v) is 5.74. The summed E-state index contributed by atoms with van der Waals surface area (Å²) in [6.45, 7) is 3.50. The van der Waals surface area contributed by atoms with Crippen molar-refractivity contribution in [3.05, 3.63) is 33.3 Å². The van der Waals surface area contributed by atoms with E-state index in [9.17, 15) is 14.9 Å². The highest BCUT2D eigenvalue weighted by atomic mass is 35.5. The van der Waals surface area contributed by atoms with Gasteiger partial charge in [0.1, 0.15) is 5.02 Å². The number of nitrogens with zero attached hydrogens (tertiary/aromatic N) is 1. The molecule has 7 heteroatoms. The molecule has 1 heterocycles. The fourth-order valence-corrected chi connectivity index (χ4v) is 2.92. The number of hydrogen-bond donors (Lipinski definition) is 2. The summed E-state index contributed by atoms with van der Waals surface area (Å²) in [6.07, 6.45) is 2.49. The summed E-state index contributed by atoms with van der Waals surface area (Å²) < 4.78 is 0. The van der Waals surface area contributed by atoms with E-state index in [4.69, 9.17) is 11.6 Å². The lowest BCUT2D eigenvalue weighted by Crippen LogP contribution is -2.38. The molecule has 1 aromatic rings. The summed E-state index contributed by atoms with van der Waals surface area (Å²) in [7, 11) is 0. The second kappa shape index (κ2) is 6.41. The van der Waals surface area contributed by atoms with Crippen molar-refractivity contribution in [1.29, 1.82) is 0 Å². The van der Waals surface area contributed by atoms with E-state index in [1.54, 1.807) is 6.07 Å². The Labute approximate surface area is 128 Å². The van der Waals surface area contributed by atoms with Gasteiger partial charge < -0.3 is 10.6 Å². The van der Waals surface area contributed by atoms with E-state index in [-0.39, 0.29) is 16.6 Å². The molecule has 2 N–H and O–H groups in total. The largest absolute Gasteiger partial charge is 0.325 e. The molecule has 1 unspecified atom stereocenters. The smallest absolute Gasteiger partial charge is 0.289 e. The number of amides is 1. The summed E-state index contributed by atoms with van der Waals surface area (Å²) in [5.74, 6) is -0.0917. The monoisotopic (exact) mass is 311 g/mol. The Morgan fingerprint density at radius 1 is 1.57 bits per heavy atom. The van der Waals surface area contributed by atoms with Gasteiger partial charge in [-0.1, -0.05) is 24.9 Å². The number of hydrogen-bond acceptors (Lipinski definition) is 4. The van der Waals surface area contributed by atoms with Gasteiger partial charge in [0, 0.05) is 18.3 Å².